The second-order valence-electron chi connectivity index (χ2n) is 7.55. The lowest BCUT2D eigenvalue weighted by Crippen LogP contribution is -2.12. The first kappa shape index (κ1) is 20.9. The van der Waals surface area contributed by atoms with Gasteiger partial charge in [0.25, 0.3) is 0 Å². The lowest BCUT2D eigenvalue weighted by molar-refractivity contribution is 0.103. The van der Waals surface area contributed by atoms with Crippen molar-refractivity contribution in [1.29, 1.82) is 0 Å². The summed E-state index contributed by atoms with van der Waals surface area (Å²) in [6.45, 7) is 6.24. The molecular weight excluding hydrogens is 405 g/mol. The highest BCUT2D eigenvalue weighted by Crippen LogP contribution is 2.24. The normalized spacial score (nSPS) is 11.0. The molecule has 31 heavy (non-hydrogen) atoms. The Kier molecular flexibility index (Phi) is 5.92. The summed E-state index contributed by atoms with van der Waals surface area (Å²) in [5, 5.41) is 4.13. The van der Waals surface area contributed by atoms with Crippen molar-refractivity contribution in [3.05, 3.63) is 83.9 Å². The zero-order valence-corrected chi connectivity index (χ0v) is 18.9. The summed E-state index contributed by atoms with van der Waals surface area (Å²) in [6, 6.07) is 16.8. The van der Waals surface area contributed by atoms with Crippen molar-refractivity contribution in [2.75, 3.05) is 5.32 Å². The molecule has 0 saturated heterocycles. The van der Waals surface area contributed by atoms with Gasteiger partial charge in [-0.2, -0.15) is 0 Å². The third kappa shape index (κ3) is 4.39. The Morgan fingerprint density at radius 2 is 1.65 bits per heavy atom. The number of rotatable bonds is 6. The van der Waals surface area contributed by atoms with E-state index in [0.717, 1.165) is 28.2 Å². The van der Waals surface area contributed by atoms with Crippen LogP contribution in [0.4, 0.5) is 11.6 Å². The summed E-state index contributed by atoms with van der Waals surface area (Å²) in [6.07, 6.45) is 3.62. The van der Waals surface area contributed by atoms with Crippen molar-refractivity contribution in [3.8, 4) is 11.4 Å². The Bertz CT molecular complexity index is 1220. The first-order valence-electron chi connectivity index (χ1n) is 10.1. The van der Waals surface area contributed by atoms with Crippen LogP contribution in [0, 0.1) is 6.92 Å². The van der Waals surface area contributed by atoms with Crippen LogP contribution in [0.1, 0.15) is 41.6 Å². The molecule has 0 aliphatic carbocycles. The molecule has 4 aromatic rings. The van der Waals surface area contributed by atoms with Gasteiger partial charge in [0.15, 0.2) is 5.78 Å². The average molecular weight is 429 g/mol. The van der Waals surface area contributed by atoms with Crippen LogP contribution in [0.5, 0.6) is 0 Å². The number of hydrogen-bond acceptors (Lipinski definition) is 5. The summed E-state index contributed by atoms with van der Waals surface area (Å²) < 4.78 is 2.16. The number of carbonyl (C=O) groups excluding carboxylic acids is 1. The van der Waals surface area contributed by atoms with Crippen LogP contribution in [-0.2, 0) is 0 Å². The minimum absolute atomic E-state index is 0.00429. The number of nitrogens with zero attached hydrogens (tertiary/aromatic N) is 4. The summed E-state index contributed by atoms with van der Waals surface area (Å²) in [5.41, 5.74) is 3.87. The van der Waals surface area contributed by atoms with Crippen molar-refractivity contribution in [1.82, 2.24) is 19.5 Å². The van der Waals surface area contributed by atoms with E-state index < -0.39 is 0 Å². The van der Waals surface area contributed by atoms with E-state index >= 15 is 0 Å². The number of aryl methyl sites for hydroxylation is 1. The fourth-order valence-electron chi connectivity index (χ4n) is 3.53. The summed E-state index contributed by atoms with van der Waals surface area (Å²) in [4.78, 5) is 26.2. The van der Waals surface area contributed by atoms with Gasteiger partial charge in [-0.3, -0.25) is 4.79 Å². The van der Waals surface area contributed by atoms with Gasteiger partial charge in [-0.05, 0) is 45.0 Å². The SMILES string of the molecule is Cc1ncc(-c2nc(Nc3ccc(C(=O)c4ccccc4)cc3)ncc2P)n1C(C)C. The Balaban J connectivity index is 1.58. The minimum atomic E-state index is -0.00429. The van der Waals surface area contributed by atoms with E-state index in [0.29, 0.717) is 17.1 Å². The van der Waals surface area contributed by atoms with Crippen LogP contribution in [0.25, 0.3) is 11.4 Å². The molecule has 0 amide bonds. The molecule has 2 aromatic carbocycles. The molecule has 0 aliphatic rings. The van der Waals surface area contributed by atoms with E-state index in [4.69, 9.17) is 4.98 Å². The van der Waals surface area contributed by atoms with E-state index in [2.05, 4.69) is 42.9 Å². The predicted molar refractivity (Wildman–Crippen MR) is 127 cm³/mol. The smallest absolute Gasteiger partial charge is 0.227 e. The lowest BCUT2D eigenvalue weighted by atomic mass is 10.0. The number of carbonyl (C=O) groups is 1. The topological polar surface area (TPSA) is 72.7 Å². The Hall–Kier alpha value is -3.37. The molecule has 6 nitrogen and oxygen atoms in total. The molecule has 2 aromatic heterocycles. The highest BCUT2D eigenvalue weighted by atomic mass is 31.0. The zero-order valence-electron chi connectivity index (χ0n) is 17.7. The maximum Gasteiger partial charge on any atom is 0.227 e. The fraction of sp³-hybridized carbons (Fsp3) is 0.167. The molecule has 7 heteroatoms. The zero-order chi connectivity index (χ0) is 22.0. The molecule has 156 valence electrons. The van der Waals surface area contributed by atoms with E-state index in [1.165, 1.54) is 0 Å². The van der Waals surface area contributed by atoms with E-state index in [-0.39, 0.29) is 11.8 Å². The van der Waals surface area contributed by atoms with Crippen LogP contribution in [-0.4, -0.2) is 25.3 Å². The quantitative estimate of drug-likeness (QED) is 0.355. The lowest BCUT2D eigenvalue weighted by Gasteiger charge is -2.15. The largest absolute Gasteiger partial charge is 0.324 e. The van der Waals surface area contributed by atoms with Crippen LogP contribution in [0.2, 0.25) is 0 Å². The minimum Gasteiger partial charge on any atom is -0.324 e. The van der Waals surface area contributed by atoms with E-state index in [1.807, 2.05) is 55.6 Å². The average Bonchev–Trinajstić information content (AvgIpc) is 3.17. The Morgan fingerprint density at radius 3 is 2.32 bits per heavy atom. The van der Waals surface area contributed by atoms with Gasteiger partial charge in [-0.1, -0.05) is 30.3 Å². The second-order valence-corrected chi connectivity index (χ2v) is 8.17. The highest BCUT2D eigenvalue weighted by Gasteiger charge is 2.16. The number of nitrogens with one attached hydrogen (secondary N) is 1. The number of ketones is 1. The fourth-order valence-corrected chi connectivity index (χ4v) is 3.81. The van der Waals surface area contributed by atoms with Crippen molar-refractivity contribution in [3.63, 3.8) is 0 Å². The van der Waals surface area contributed by atoms with Crippen LogP contribution < -0.4 is 10.6 Å². The van der Waals surface area contributed by atoms with Gasteiger partial charge in [0.1, 0.15) is 11.5 Å². The third-order valence-corrected chi connectivity index (χ3v) is 5.42. The van der Waals surface area contributed by atoms with Crippen molar-refractivity contribution in [2.24, 2.45) is 0 Å². The van der Waals surface area contributed by atoms with Crippen molar-refractivity contribution < 1.29 is 4.79 Å². The molecule has 1 unspecified atom stereocenters. The van der Waals surface area contributed by atoms with Gasteiger partial charge in [-0.25, -0.2) is 15.0 Å². The first-order chi connectivity index (χ1) is 14.9. The van der Waals surface area contributed by atoms with Crippen LogP contribution in [0.15, 0.2) is 67.0 Å². The summed E-state index contributed by atoms with van der Waals surface area (Å²) >= 11 is 0. The number of aromatic nitrogens is 4. The summed E-state index contributed by atoms with van der Waals surface area (Å²) in [7, 11) is 2.69. The van der Waals surface area contributed by atoms with Gasteiger partial charge in [0.05, 0.1) is 11.9 Å². The molecule has 0 spiro atoms. The van der Waals surface area contributed by atoms with Gasteiger partial charge in [-0.15, -0.1) is 9.24 Å². The third-order valence-electron chi connectivity index (χ3n) is 5.00. The number of benzene rings is 2. The summed E-state index contributed by atoms with van der Waals surface area (Å²) in [5.74, 6) is 1.43. The van der Waals surface area contributed by atoms with E-state index in [1.54, 1.807) is 18.3 Å². The molecule has 0 saturated carbocycles. The maximum absolute atomic E-state index is 12.6. The second kappa shape index (κ2) is 8.78. The van der Waals surface area contributed by atoms with Crippen LogP contribution >= 0.6 is 9.24 Å². The molecule has 0 radical (unpaired) electrons. The van der Waals surface area contributed by atoms with Gasteiger partial charge >= 0.3 is 0 Å². The Morgan fingerprint density at radius 1 is 0.968 bits per heavy atom. The van der Waals surface area contributed by atoms with E-state index in [9.17, 15) is 4.79 Å². The number of imidazole rings is 1. The van der Waals surface area contributed by atoms with Gasteiger partial charge in [0.2, 0.25) is 5.95 Å². The molecule has 0 aliphatic heterocycles. The molecule has 2 heterocycles. The van der Waals surface area contributed by atoms with Crippen molar-refractivity contribution >= 4 is 32.0 Å². The molecule has 4 rings (SSSR count). The van der Waals surface area contributed by atoms with Gasteiger partial charge < -0.3 is 9.88 Å². The van der Waals surface area contributed by atoms with Crippen molar-refractivity contribution in [2.45, 2.75) is 26.8 Å². The molecule has 0 bridgehead atoms. The van der Waals surface area contributed by atoms with Crippen LogP contribution in [0.3, 0.4) is 0 Å². The first-order valence-corrected chi connectivity index (χ1v) is 10.7. The van der Waals surface area contributed by atoms with Gasteiger partial charge in [0, 0.05) is 34.4 Å². The number of hydrogen-bond donors (Lipinski definition) is 1. The molecule has 1 N–H and O–H groups in total. The number of anilines is 2. The monoisotopic (exact) mass is 429 g/mol. The Labute approximate surface area is 184 Å². The predicted octanol–water partition coefficient (Wildman–Crippen LogP) is 4.70. The molecular formula is C24H24N5OP. The molecule has 1 atom stereocenters. The maximum atomic E-state index is 12.6. The highest BCUT2D eigenvalue weighted by molar-refractivity contribution is 7.27. The standard InChI is InChI=1S/C24H24N5OP/c1-15(2)29-16(3)25-13-20(29)22-21(31)14-26-24(28-22)27-19-11-9-18(10-12-19)23(30)17-7-5-4-6-8-17/h4-15H,31H2,1-3H3,(H,26,27,28). The molecule has 0 fully saturated rings.